The fourth-order valence-corrected chi connectivity index (χ4v) is 4.30. The Bertz CT molecular complexity index is 1190. The van der Waals surface area contributed by atoms with Gasteiger partial charge >= 0.3 is 0 Å². The van der Waals surface area contributed by atoms with E-state index in [-0.39, 0.29) is 23.8 Å². The average Bonchev–Trinajstić information content (AvgIpc) is 3.24. The van der Waals surface area contributed by atoms with E-state index in [1.165, 1.54) is 28.9 Å². The van der Waals surface area contributed by atoms with Crippen LogP contribution in [-0.4, -0.2) is 33.6 Å². The third-order valence-electron chi connectivity index (χ3n) is 5.13. The van der Waals surface area contributed by atoms with E-state index in [4.69, 9.17) is 14.9 Å². The number of halogens is 1. The monoisotopic (exact) mass is 480 g/mol. The minimum Gasteiger partial charge on any atom is -0.490 e. The Morgan fingerprint density at radius 1 is 1.12 bits per heavy atom. The molecule has 2 aliphatic rings. The second kappa shape index (κ2) is 10.6. The molecule has 0 aromatic heterocycles. The van der Waals surface area contributed by atoms with Crippen LogP contribution in [0.25, 0.3) is 6.08 Å². The Balaban J connectivity index is 1.54. The first-order valence-corrected chi connectivity index (χ1v) is 11.9. The van der Waals surface area contributed by atoms with Gasteiger partial charge in [0.15, 0.2) is 17.3 Å². The molecule has 0 aliphatic carbocycles. The summed E-state index contributed by atoms with van der Waals surface area (Å²) < 4.78 is 24.7. The van der Waals surface area contributed by atoms with Crippen molar-refractivity contribution in [3.8, 4) is 11.5 Å². The minimum absolute atomic E-state index is 0.00333. The van der Waals surface area contributed by atoms with Crippen molar-refractivity contribution in [2.45, 2.75) is 39.7 Å². The van der Waals surface area contributed by atoms with Crippen LogP contribution in [0.2, 0.25) is 0 Å². The summed E-state index contributed by atoms with van der Waals surface area (Å²) in [5.74, 6) is 0.272. The lowest BCUT2D eigenvalue weighted by atomic mass is 10.1. The Morgan fingerprint density at radius 2 is 1.91 bits per heavy atom. The van der Waals surface area contributed by atoms with Crippen LogP contribution in [0, 0.1) is 11.2 Å². The van der Waals surface area contributed by atoms with Gasteiger partial charge in [0, 0.05) is 0 Å². The number of hydrogen-bond donors (Lipinski definition) is 1. The first kappa shape index (κ1) is 23.7. The van der Waals surface area contributed by atoms with Gasteiger partial charge < -0.3 is 9.47 Å². The van der Waals surface area contributed by atoms with Crippen LogP contribution in [0.4, 0.5) is 4.39 Å². The second-order valence-electron chi connectivity index (χ2n) is 7.67. The zero-order chi connectivity index (χ0) is 24.1. The van der Waals surface area contributed by atoms with E-state index < -0.39 is 5.91 Å². The summed E-state index contributed by atoms with van der Waals surface area (Å²) in [7, 11) is 0. The normalized spacial score (nSPS) is 16.4. The van der Waals surface area contributed by atoms with E-state index >= 15 is 0 Å². The highest BCUT2D eigenvalue weighted by Crippen LogP contribution is 2.33. The summed E-state index contributed by atoms with van der Waals surface area (Å²) in [5, 5.41) is 15.7. The Morgan fingerprint density at radius 3 is 2.65 bits per heavy atom. The molecule has 0 spiro atoms. The van der Waals surface area contributed by atoms with E-state index in [9.17, 15) is 9.18 Å². The summed E-state index contributed by atoms with van der Waals surface area (Å²) >= 11 is 1.35. The van der Waals surface area contributed by atoms with Crippen LogP contribution in [0.3, 0.4) is 0 Å². The Hall–Kier alpha value is -3.46. The maximum atomic E-state index is 13.1. The van der Waals surface area contributed by atoms with Gasteiger partial charge in [0.1, 0.15) is 17.5 Å². The molecule has 0 bridgehead atoms. The molecule has 0 fully saturated rings. The smallest absolute Gasteiger partial charge is 0.283 e. The topological polar surface area (TPSA) is 87.3 Å². The van der Waals surface area contributed by atoms with E-state index in [0.717, 1.165) is 29.9 Å². The minimum atomic E-state index is -0.467. The largest absolute Gasteiger partial charge is 0.490 e. The van der Waals surface area contributed by atoms with Gasteiger partial charge in [-0.3, -0.25) is 10.2 Å². The van der Waals surface area contributed by atoms with Crippen molar-refractivity contribution >= 4 is 39.8 Å². The number of unbranched alkanes of at least 4 members (excludes halogenated alkanes) is 1. The molecule has 34 heavy (non-hydrogen) atoms. The summed E-state index contributed by atoms with van der Waals surface area (Å²) in [6.45, 7) is 4.65. The van der Waals surface area contributed by atoms with E-state index in [1.807, 2.05) is 6.92 Å². The van der Waals surface area contributed by atoms with Gasteiger partial charge in [-0.15, -0.1) is 0 Å². The highest BCUT2D eigenvalue weighted by molar-refractivity contribution is 8.26. The quantitative estimate of drug-likeness (QED) is 0.471. The Kier molecular flexibility index (Phi) is 7.42. The highest BCUT2D eigenvalue weighted by Gasteiger charge is 2.35. The van der Waals surface area contributed by atoms with E-state index in [0.29, 0.717) is 28.8 Å². The Labute approximate surface area is 201 Å². The van der Waals surface area contributed by atoms with Gasteiger partial charge in [0.2, 0.25) is 5.17 Å². The molecule has 2 heterocycles. The van der Waals surface area contributed by atoms with Crippen LogP contribution in [0.1, 0.15) is 44.2 Å². The SMILES string of the molecule is CCCCC1=NN2C(=N)/C(=C\c3ccc(OCc4ccc(F)cc4)c(OCC)c3)C(=O)N=C2S1. The summed E-state index contributed by atoms with van der Waals surface area (Å²) in [6.07, 6.45) is 4.45. The molecule has 2 aliphatic heterocycles. The summed E-state index contributed by atoms with van der Waals surface area (Å²) in [4.78, 5) is 16.8. The lowest BCUT2D eigenvalue weighted by Gasteiger charge is -2.20. The lowest BCUT2D eigenvalue weighted by molar-refractivity contribution is -0.114. The van der Waals surface area contributed by atoms with Crippen LogP contribution >= 0.6 is 11.8 Å². The lowest BCUT2D eigenvalue weighted by Crippen LogP contribution is -2.35. The highest BCUT2D eigenvalue weighted by atomic mass is 32.2. The van der Waals surface area contributed by atoms with Gasteiger partial charge in [-0.05, 0) is 73.0 Å². The first-order chi connectivity index (χ1) is 16.5. The van der Waals surface area contributed by atoms with Crippen molar-refractivity contribution in [2.75, 3.05) is 6.61 Å². The molecule has 9 heteroatoms. The molecule has 0 saturated heterocycles. The van der Waals surface area contributed by atoms with Crippen LogP contribution in [0.5, 0.6) is 11.5 Å². The number of amidine groups is 2. The molecule has 1 amide bonds. The van der Waals surface area contributed by atoms with Gasteiger partial charge in [-0.2, -0.15) is 15.1 Å². The molecule has 0 unspecified atom stereocenters. The molecular weight excluding hydrogens is 455 g/mol. The standard InChI is InChI=1S/C25H25FN4O3S/c1-3-5-6-22-29-30-23(27)19(24(31)28-25(30)34-22)13-17-9-12-20(21(14-17)32-4-2)33-15-16-7-10-18(26)11-8-16/h7-14,27H,3-6,15H2,1-2H3/b19-13+,27-23?. The number of thioether (sulfide) groups is 1. The van der Waals surface area contributed by atoms with Gasteiger partial charge in [0.25, 0.3) is 5.91 Å². The third-order valence-corrected chi connectivity index (χ3v) is 6.09. The van der Waals surface area contributed by atoms with E-state index in [2.05, 4.69) is 17.0 Å². The molecule has 0 radical (unpaired) electrons. The number of hydrogen-bond acceptors (Lipinski definition) is 6. The fraction of sp³-hybridized carbons (Fsp3) is 0.280. The zero-order valence-electron chi connectivity index (χ0n) is 19.0. The van der Waals surface area contributed by atoms with Crippen molar-refractivity contribution in [1.82, 2.24) is 5.01 Å². The third kappa shape index (κ3) is 5.36. The fourth-order valence-electron chi connectivity index (χ4n) is 3.37. The molecule has 0 atom stereocenters. The number of carbonyl (C=O) groups is 1. The molecular formula is C25H25FN4O3S. The molecule has 7 nitrogen and oxygen atoms in total. The number of benzene rings is 2. The van der Waals surface area contributed by atoms with Crippen LogP contribution < -0.4 is 9.47 Å². The number of hydrazone groups is 1. The summed E-state index contributed by atoms with van der Waals surface area (Å²) in [6, 6.07) is 11.4. The number of aliphatic imine (C=N–C) groups is 1. The van der Waals surface area contributed by atoms with E-state index in [1.54, 1.807) is 36.4 Å². The molecule has 0 saturated carbocycles. The van der Waals surface area contributed by atoms with Crippen molar-refractivity contribution in [3.63, 3.8) is 0 Å². The molecule has 2 aromatic carbocycles. The molecule has 1 N–H and O–H groups in total. The summed E-state index contributed by atoms with van der Waals surface area (Å²) in [5.41, 5.74) is 1.66. The molecule has 2 aromatic rings. The average molecular weight is 481 g/mol. The number of nitrogens with zero attached hydrogens (tertiary/aromatic N) is 3. The second-order valence-corrected chi connectivity index (χ2v) is 8.71. The molecule has 176 valence electrons. The van der Waals surface area contributed by atoms with Crippen molar-refractivity contribution in [3.05, 3.63) is 65.0 Å². The van der Waals surface area contributed by atoms with Crippen molar-refractivity contribution in [2.24, 2.45) is 10.1 Å². The van der Waals surface area contributed by atoms with Crippen molar-refractivity contribution in [1.29, 1.82) is 5.41 Å². The number of amides is 1. The number of rotatable bonds is 9. The first-order valence-electron chi connectivity index (χ1n) is 11.1. The van der Waals surface area contributed by atoms with Gasteiger partial charge in [0.05, 0.1) is 12.2 Å². The number of ether oxygens (including phenoxy) is 2. The maximum Gasteiger partial charge on any atom is 0.283 e. The van der Waals surface area contributed by atoms with Crippen molar-refractivity contribution < 1.29 is 18.7 Å². The van der Waals surface area contributed by atoms with Crippen LogP contribution in [-0.2, 0) is 11.4 Å². The number of carbonyl (C=O) groups excluding carboxylic acids is 1. The zero-order valence-corrected chi connectivity index (χ0v) is 19.8. The molecule has 4 rings (SSSR count). The van der Waals surface area contributed by atoms with Gasteiger partial charge in [-0.25, -0.2) is 4.39 Å². The number of nitrogens with one attached hydrogen (secondary N) is 1. The maximum absolute atomic E-state index is 13.1. The predicted molar refractivity (Wildman–Crippen MR) is 133 cm³/mol. The van der Waals surface area contributed by atoms with Gasteiger partial charge in [-0.1, -0.05) is 31.5 Å². The number of fused-ring (bicyclic) bond motifs is 1. The predicted octanol–water partition coefficient (Wildman–Crippen LogP) is 5.61. The van der Waals surface area contributed by atoms with Crippen LogP contribution in [0.15, 0.2) is 58.1 Å².